The van der Waals surface area contributed by atoms with Gasteiger partial charge in [0.25, 0.3) is 15.9 Å². The van der Waals surface area contributed by atoms with Gasteiger partial charge in [0.1, 0.15) is 5.82 Å². The number of carbonyl (C=O) groups is 1. The number of nitrogens with one attached hydrogen (secondary N) is 1. The van der Waals surface area contributed by atoms with E-state index in [1.807, 2.05) is 0 Å². The van der Waals surface area contributed by atoms with Crippen LogP contribution in [-0.2, 0) is 16.6 Å². The molecule has 144 valence electrons. The van der Waals surface area contributed by atoms with Gasteiger partial charge in [-0.3, -0.25) is 9.10 Å². The van der Waals surface area contributed by atoms with Gasteiger partial charge in [-0.05, 0) is 42.5 Å². The highest BCUT2D eigenvalue weighted by Gasteiger charge is 2.21. The number of carbonyl (C=O) groups excluding carboxylic acids is 1. The molecular formula is C21H19FN2O3S. The average molecular weight is 398 g/mol. The smallest absolute Gasteiger partial charge is 0.264 e. The van der Waals surface area contributed by atoms with Crippen LogP contribution in [0.3, 0.4) is 0 Å². The number of sulfonamides is 1. The fraction of sp³-hybridized carbons (Fsp3) is 0.0952. The molecule has 0 saturated carbocycles. The molecule has 0 aromatic heterocycles. The molecule has 3 aromatic rings. The first-order chi connectivity index (χ1) is 13.4. The van der Waals surface area contributed by atoms with Crippen molar-refractivity contribution in [1.82, 2.24) is 5.32 Å². The largest absolute Gasteiger partial charge is 0.348 e. The van der Waals surface area contributed by atoms with E-state index in [2.05, 4.69) is 5.32 Å². The fourth-order valence-electron chi connectivity index (χ4n) is 2.63. The molecule has 5 nitrogen and oxygen atoms in total. The van der Waals surface area contributed by atoms with Gasteiger partial charge in [-0.2, -0.15) is 0 Å². The normalized spacial score (nSPS) is 11.1. The molecule has 0 aliphatic rings. The predicted molar refractivity (Wildman–Crippen MR) is 106 cm³/mol. The predicted octanol–water partition coefficient (Wildman–Crippen LogP) is 3.58. The molecule has 0 atom stereocenters. The average Bonchev–Trinajstić information content (AvgIpc) is 2.73. The molecule has 0 fully saturated rings. The summed E-state index contributed by atoms with van der Waals surface area (Å²) in [6, 6.07) is 20.5. The zero-order valence-corrected chi connectivity index (χ0v) is 16.0. The molecule has 0 aliphatic heterocycles. The Morgan fingerprint density at radius 3 is 2.18 bits per heavy atom. The minimum atomic E-state index is -3.69. The summed E-state index contributed by atoms with van der Waals surface area (Å²) in [5.74, 6) is -0.755. The number of hydrogen-bond donors (Lipinski definition) is 1. The van der Waals surface area contributed by atoms with E-state index in [0.29, 0.717) is 16.8 Å². The Morgan fingerprint density at radius 1 is 0.929 bits per heavy atom. The number of rotatable bonds is 6. The van der Waals surface area contributed by atoms with Crippen molar-refractivity contribution in [3.8, 4) is 0 Å². The summed E-state index contributed by atoms with van der Waals surface area (Å²) in [4.78, 5) is 12.4. The monoisotopic (exact) mass is 398 g/mol. The third kappa shape index (κ3) is 4.20. The van der Waals surface area contributed by atoms with Gasteiger partial charge in [0.2, 0.25) is 0 Å². The number of nitrogens with zero attached hydrogens (tertiary/aromatic N) is 1. The van der Waals surface area contributed by atoms with Crippen molar-refractivity contribution < 1.29 is 17.6 Å². The highest BCUT2D eigenvalue weighted by atomic mass is 32.2. The van der Waals surface area contributed by atoms with E-state index in [1.54, 1.807) is 48.5 Å². The van der Waals surface area contributed by atoms with Crippen LogP contribution in [0.2, 0.25) is 0 Å². The minimum Gasteiger partial charge on any atom is -0.348 e. The van der Waals surface area contributed by atoms with E-state index in [1.165, 1.54) is 37.4 Å². The maximum Gasteiger partial charge on any atom is 0.264 e. The Kier molecular flexibility index (Phi) is 5.75. The van der Waals surface area contributed by atoms with Crippen molar-refractivity contribution in [2.24, 2.45) is 0 Å². The van der Waals surface area contributed by atoms with E-state index >= 15 is 0 Å². The quantitative estimate of drug-likeness (QED) is 0.690. The van der Waals surface area contributed by atoms with Gasteiger partial charge in [0.15, 0.2) is 0 Å². The molecule has 0 saturated heterocycles. The maximum absolute atomic E-state index is 13.6. The van der Waals surface area contributed by atoms with Crippen LogP contribution in [0.25, 0.3) is 0 Å². The molecule has 1 N–H and O–H groups in total. The molecule has 7 heteroatoms. The molecule has 0 heterocycles. The van der Waals surface area contributed by atoms with Gasteiger partial charge in [0.05, 0.1) is 10.6 Å². The van der Waals surface area contributed by atoms with Crippen LogP contribution < -0.4 is 9.62 Å². The lowest BCUT2D eigenvalue weighted by molar-refractivity contribution is 0.0950. The third-order valence-corrected chi connectivity index (χ3v) is 6.09. The van der Waals surface area contributed by atoms with Crippen LogP contribution in [0.15, 0.2) is 83.8 Å². The molecule has 1 amide bonds. The van der Waals surface area contributed by atoms with Crippen LogP contribution in [0.5, 0.6) is 0 Å². The van der Waals surface area contributed by atoms with E-state index < -0.39 is 10.0 Å². The van der Waals surface area contributed by atoms with Gasteiger partial charge in [-0.25, -0.2) is 12.8 Å². The van der Waals surface area contributed by atoms with E-state index in [-0.39, 0.29) is 23.2 Å². The van der Waals surface area contributed by atoms with E-state index in [9.17, 15) is 17.6 Å². The summed E-state index contributed by atoms with van der Waals surface area (Å²) >= 11 is 0. The van der Waals surface area contributed by atoms with E-state index in [4.69, 9.17) is 0 Å². The molecule has 0 unspecified atom stereocenters. The zero-order valence-electron chi connectivity index (χ0n) is 15.2. The Labute approximate surface area is 163 Å². The van der Waals surface area contributed by atoms with Gasteiger partial charge < -0.3 is 5.32 Å². The summed E-state index contributed by atoms with van der Waals surface area (Å²) < 4.78 is 40.1. The third-order valence-electron chi connectivity index (χ3n) is 4.29. The lowest BCUT2D eigenvalue weighted by atomic mass is 10.1. The molecule has 0 radical (unpaired) electrons. The summed E-state index contributed by atoms with van der Waals surface area (Å²) in [5.41, 5.74) is 1.17. The second kappa shape index (κ2) is 8.22. The molecule has 28 heavy (non-hydrogen) atoms. The minimum absolute atomic E-state index is 0.0650. The first-order valence-corrected chi connectivity index (χ1v) is 9.99. The van der Waals surface area contributed by atoms with Crippen molar-refractivity contribution in [3.63, 3.8) is 0 Å². The SMILES string of the molecule is CN(c1ccc(C(=O)NCc2ccccc2F)cc1)S(=O)(=O)c1ccccc1. The maximum atomic E-state index is 13.6. The van der Waals surface area contributed by atoms with Gasteiger partial charge >= 0.3 is 0 Å². The van der Waals surface area contributed by atoms with E-state index in [0.717, 1.165) is 4.31 Å². The molecular weight excluding hydrogens is 379 g/mol. The fourth-order valence-corrected chi connectivity index (χ4v) is 3.85. The van der Waals surface area contributed by atoms with Crippen molar-refractivity contribution in [1.29, 1.82) is 0 Å². The number of halogens is 1. The Bertz CT molecular complexity index is 1070. The van der Waals surface area contributed by atoms with Crippen molar-refractivity contribution in [2.45, 2.75) is 11.4 Å². The Balaban J connectivity index is 1.71. The first kappa shape index (κ1) is 19.6. The summed E-state index contributed by atoms with van der Waals surface area (Å²) in [6.45, 7) is 0.0650. The number of hydrogen-bond acceptors (Lipinski definition) is 3. The van der Waals surface area contributed by atoms with Crippen LogP contribution in [0, 0.1) is 5.82 Å². The molecule has 0 bridgehead atoms. The highest BCUT2D eigenvalue weighted by molar-refractivity contribution is 7.92. The molecule has 0 aliphatic carbocycles. The molecule has 3 rings (SSSR count). The molecule has 3 aromatic carbocycles. The van der Waals surface area contributed by atoms with Crippen LogP contribution in [0.4, 0.5) is 10.1 Å². The second-order valence-corrected chi connectivity index (χ2v) is 8.08. The lowest BCUT2D eigenvalue weighted by Crippen LogP contribution is -2.27. The van der Waals surface area contributed by atoms with Crippen LogP contribution in [0.1, 0.15) is 15.9 Å². The Morgan fingerprint density at radius 2 is 1.54 bits per heavy atom. The first-order valence-electron chi connectivity index (χ1n) is 8.55. The summed E-state index contributed by atoms with van der Waals surface area (Å²) in [6.07, 6.45) is 0. The Hall–Kier alpha value is -3.19. The van der Waals surface area contributed by atoms with Crippen LogP contribution >= 0.6 is 0 Å². The number of benzene rings is 3. The van der Waals surface area contributed by atoms with Gasteiger partial charge in [-0.1, -0.05) is 36.4 Å². The lowest BCUT2D eigenvalue weighted by Gasteiger charge is -2.19. The number of amides is 1. The standard InChI is InChI=1S/C21H19FN2O3S/c1-24(28(26,27)19-8-3-2-4-9-19)18-13-11-16(12-14-18)21(25)23-15-17-7-5-6-10-20(17)22/h2-14H,15H2,1H3,(H,23,25). The van der Waals surface area contributed by atoms with Crippen molar-refractivity contribution in [3.05, 3.63) is 95.8 Å². The molecule has 0 spiro atoms. The second-order valence-electron chi connectivity index (χ2n) is 6.11. The summed E-state index contributed by atoms with van der Waals surface area (Å²) in [7, 11) is -2.23. The number of anilines is 1. The van der Waals surface area contributed by atoms with Crippen LogP contribution in [-0.4, -0.2) is 21.4 Å². The van der Waals surface area contributed by atoms with Crippen molar-refractivity contribution in [2.75, 3.05) is 11.4 Å². The zero-order chi connectivity index (χ0) is 20.1. The highest BCUT2D eigenvalue weighted by Crippen LogP contribution is 2.22. The van der Waals surface area contributed by atoms with Gasteiger partial charge in [-0.15, -0.1) is 0 Å². The topological polar surface area (TPSA) is 66.5 Å². The van der Waals surface area contributed by atoms with Gasteiger partial charge in [0, 0.05) is 24.7 Å². The summed E-state index contributed by atoms with van der Waals surface area (Å²) in [5, 5.41) is 2.65. The van der Waals surface area contributed by atoms with Crippen molar-refractivity contribution >= 4 is 21.6 Å².